The van der Waals surface area contributed by atoms with Gasteiger partial charge in [0.2, 0.25) is 0 Å². The van der Waals surface area contributed by atoms with Crippen molar-refractivity contribution >= 4 is 17.7 Å². The van der Waals surface area contributed by atoms with Crippen molar-refractivity contribution < 1.29 is 9.53 Å². The van der Waals surface area contributed by atoms with Crippen molar-refractivity contribution in [2.75, 3.05) is 5.75 Å². The van der Waals surface area contributed by atoms with Crippen molar-refractivity contribution in [3.63, 3.8) is 0 Å². The number of carbonyl (C=O) groups excluding carboxylic acids is 1. The average molecular weight is 271 g/mol. The number of aryl methyl sites for hydroxylation is 1. The molecule has 0 fully saturated rings. The minimum absolute atomic E-state index is 0.149. The fraction of sp³-hybridized carbons (Fsp3) is 0.750. The second-order valence-corrected chi connectivity index (χ2v) is 6.22. The zero-order valence-electron chi connectivity index (χ0n) is 11.7. The molecule has 0 aliphatic rings. The van der Waals surface area contributed by atoms with Gasteiger partial charge in [-0.25, -0.2) is 0 Å². The van der Waals surface area contributed by atoms with Crippen LogP contribution in [0.15, 0.2) is 0 Å². The van der Waals surface area contributed by atoms with Gasteiger partial charge in [-0.15, -0.1) is 10.2 Å². The Hall–Kier alpha value is -1.04. The summed E-state index contributed by atoms with van der Waals surface area (Å²) in [5.41, 5.74) is -0.400. The predicted molar refractivity (Wildman–Crippen MR) is 72.4 cm³/mol. The van der Waals surface area contributed by atoms with E-state index in [9.17, 15) is 4.79 Å². The number of thioether (sulfide) groups is 1. The van der Waals surface area contributed by atoms with Crippen LogP contribution in [-0.2, 0) is 22.3 Å². The molecule has 1 rings (SSSR count). The Morgan fingerprint density at radius 3 is 2.56 bits per heavy atom. The second-order valence-electron chi connectivity index (χ2n) is 5.11. The lowest BCUT2D eigenvalue weighted by atomic mass is 10.2. The molecule has 0 aromatic carbocycles. The summed E-state index contributed by atoms with van der Waals surface area (Å²) in [6.07, 6.45) is 0.429. The maximum Gasteiger partial charge on any atom is 0.307 e. The van der Waals surface area contributed by atoms with Crippen LogP contribution in [-0.4, -0.2) is 32.1 Å². The third-order valence-electron chi connectivity index (χ3n) is 2.28. The summed E-state index contributed by atoms with van der Waals surface area (Å²) < 4.78 is 7.19. The molecule has 0 saturated heterocycles. The molecule has 0 radical (unpaired) electrons. The molecule has 0 spiro atoms. The van der Waals surface area contributed by atoms with Gasteiger partial charge in [0.25, 0.3) is 0 Å². The van der Waals surface area contributed by atoms with Crippen molar-refractivity contribution in [1.29, 1.82) is 0 Å². The van der Waals surface area contributed by atoms with Crippen LogP contribution in [0, 0.1) is 6.92 Å². The zero-order chi connectivity index (χ0) is 13.8. The summed E-state index contributed by atoms with van der Waals surface area (Å²) in [5, 5.41) is 8.05. The van der Waals surface area contributed by atoms with Crippen LogP contribution in [0.5, 0.6) is 0 Å². The smallest absolute Gasteiger partial charge is 0.307 e. The number of hydrogen-bond acceptors (Lipinski definition) is 5. The molecule has 0 bridgehead atoms. The molecular weight excluding hydrogens is 250 g/mol. The Bertz CT molecular complexity index is 410. The first kappa shape index (κ1) is 15.0. The lowest BCUT2D eigenvalue weighted by Gasteiger charge is -2.19. The Balaban J connectivity index is 2.23. The minimum Gasteiger partial charge on any atom is -0.460 e. The number of aromatic nitrogens is 3. The number of rotatable bonds is 5. The first-order chi connectivity index (χ1) is 8.29. The van der Waals surface area contributed by atoms with Gasteiger partial charge in [0.1, 0.15) is 17.2 Å². The molecule has 0 atom stereocenters. The lowest BCUT2D eigenvalue weighted by molar-refractivity contribution is -0.154. The number of nitrogens with zero attached hydrogens (tertiary/aromatic N) is 3. The summed E-state index contributed by atoms with van der Waals surface area (Å²) in [5.74, 6) is 3.18. The molecule has 1 heterocycles. The van der Waals surface area contributed by atoms with Gasteiger partial charge in [0.15, 0.2) is 0 Å². The Morgan fingerprint density at radius 2 is 2.06 bits per heavy atom. The highest BCUT2D eigenvalue weighted by atomic mass is 32.2. The van der Waals surface area contributed by atoms with E-state index in [4.69, 9.17) is 4.74 Å². The minimum atomic E-state index is -0.400. The SMILES string of the molecule is Cc1nnc(CSCCC(=O)OC(C)(C)C)n1C. The molecule has 0 aliphatic heterocycles. The molecule has 0 aliphatic carbocycles. The number of carbonyl (C=O) groups is 1. The molecular formula is C12H21N3O2S. The van der Waals surface area contributed by atoms with E-state index in [1.807, 2.05) is 39.3 Å². The van der Waals surface area contributed by atoms with E-state index in [-0.39, 0.29) is 5.97 Å². The first-order valence-electron chi connectivity index (χ1n) is 5.94. The van der Waals surface area contributed by atoms with Gasteiger partial charge in [-0.1, -0.05) is 0 Å². The molecule has 0 N–H and O–H groups in total. The maximum atomic E-state index is 11.5. The van der Waals surface area contributed by atoms with Crippen LogP contribution in [0.4, 0.5) is 0 Å². The van der Waals surface area contributed by atoms with Crippen LogP contribution in [0.2, 0.25) is 0 Å². The molecule has 1 aromatic heterocycles. The van der Waals surface area contributed by atoms with E-state index in [1.54, 1.807) is 11.8 Å². The summed E-state index contributed by atoms with van der Waals surface area (Å²) in [7, 11) is 1.94. The van der Waals surface area contributed by atoms with Crippen molar-refractivity contribution in [1.82, 2.24) is 14.8 Å². The fourth-order valence-corrected chi connectivity index (χ4v) is 2.18. The third-order valence-corrected chi connectivity index (χ3v) is 3.24. The van der Waals surface area contributed by atoms with Gasteiger partial charge in [0, 0.05) is 12.8 Å². The Kier molecular flexibility index (Phi) is 5.19. The van der Waals surface area contributed by atoms with Gasteiger partial charge in [-0.05, 0) is 27.7 Å². The summed E-state index contributed by atoms with van der Waals surface area (Å²) in [4.78, 5) is 11.5. The first-order valence-corrected chi connectivity index (χ1v) is 7.09. The van der Waals surface area contributed by atoms with E-state index >= 15 is 0 Å². The van der Waals surface area contributed by atoms with Gasteiger partial charge in [-0.2, -0.15) is 11.8 Å². The average Bonchev–Trinajstić information content (AvgIpc) is 2.53. The summed E-state index contributed by atoms with van der Waals surface area (Å²) in [6.45, 7) is 7.54. The summed E-state index contributed by atoms with van der Waals surface area (Å²) >= 11 is 1.66. The molecule has 5 nitrogen and oxygen atoms in total. The van der Waals surface area contributed by atoms with Gasteiger partial charge < -0.3 is 9.30 Å². The summed E-state index contributed by atoms with van der Waals surface area (Å²) in [6, 6.07) is 0. The highest BCUT2D eigenvalue weighted by Gasteiger charge is 2.15. The van der Waals surface area contributed by atoms with E-state index < -0.39 is 5.60 Å². The fourth-order valence-electron chi connectivity index (χ4n) is 1.29. The van der Waals surface area contributed by atoms with E-state index in [2.05, 4.69) is 10.2 Å². The van der Waals surface area contributed by atoms with Crippen molar-refractivity contribution in [2.45, 2.75) is 45.5 Å². The predicted octanol–water partition coefficient (Wildman–Crippen LogP) is 2.09. The molecule has 0 amide bonds. The quantitative estimate of drug-likeness (QED) is 0.606. The van der Waals surface area contributed by atoms with Gasteiger partial charge in [-0.3, -0.25) is 4.79 Å². The third kappa shape index (κ3) is 5.08. The van der Waals surface area contributed by atoms with Crippen molar-refractivity contribution in [2.24, 2.45) is 7.05 Å². The molecule has 6 heteroatoms. The van der Waals surface area contributed by atoms with E-state index in [0.29, 0.717) is 6.42 Å². The number of esters is 1. The normalized spacial score (nSPS) is 11.6. The highest BCUT2D eigenvalue weighted by Crippen LogP contribution is 2.14. The van der Waals surface area contributed by atoms with Crippen molar-refractivity contribution in [3.8, 4) is 0 Å². The van der Waals surface area contributed by atoms with Crippen LogP contribution >= 0.6 is 11.8 Å². The maximum absolute atomic E-state index is 11.5. The lowest BCUT2D eigenvalue weighted by Crippen LogP contribution is -2.24. The standard InChI is InChI=1S/C12H21N3O2S/c1-9-13-14-10(15(9)5)8-18-7-6-11(16)17-12(2,3)4/h6-8H2,1-5H3. The molecule has 0 unspecified atom stereocenters. The monoisotopic (exact) mass is 271 g/mol. The van der Waals surface area contributed by atoms with Crippen molar-refractivity contribution in [3.05, 3.63) is 11.6 Å². The Morgan fingerprint density at radius 1 is 1.39 bits per heavy atom. The van der Waals surface area contributed by atoms with Gasteiger partial charge in [0.05, 0.1) is 12.2 Å². The van der Waals surface area contributed by atoms with Crippen LogP contribution in [0.1, 0.15) is 38.8 Å². The topological polar surface area (TPSA) is 57.0 Å². The zero-order valence-corrected chi connectivity index (χ0v) is 12.5. The molecule has 1 aromatic rings. The van der Waals surface area contributed by atoms with Crippen LogP contribution in [0.25, 0.3) is 0 Å². The number of hydrogen-bond donors (Lipinski definition) is 0. The van der Waals surface area contributed by atoms with Crippen LogP contribution < -0.4 is 0 Å². The van der Waals surface area contributed by atoms with Crippen LogP contribution in [0.3, 0.4) is 0 Å². The second kappa shape index (κ2) is 6.22. The highest BCUT2D eigenvalue weighted by molar-refractivity contribution is 7.98. The largest absolute Gasteiger partial charge is 0.460 e. The van der Waals surface area contributed by atoms with Gasteiger partial charge >= 0.3 is 5.97 Å². The molecule has 18 heavy (non-hydrogen) atoms. The molecule has 102 valence electrons. The van der Waals surface area contributed by atoms with E-state index in [0.717, 1.165) is 23.2 Å². The molecule has 0 saturated carbocycles. The van der Waals surface area contributed by atoms with E-state index in [1.165, 1.54) is 0 Å². The Labute approximate surface area is 112 Å². The number of ether oxygens (including phenoxy) is 1.